The predicted octanol–water partition coefficient (Wildman–Crippen LogP) is 3.40. The molecule has 0 unspecified atom stereocenters. The molecule has 37 heavy (non-hydrogen) atoms. The summed E-state index contributed by atoms with van der Waals surface area (Å²) in [5, 5.41) is 6.69. The van der Waals surface area contributed by atoms with Crippen molar-refractivity contribution in [3.05, 3.63) is 35.0 Å². The van der Waals surface area contributed by atoms with E-state index in [1.165, 1.54) is 17.4 Å². The summed E-state index contributed by atoms with van der Waals surface area (Å²) in [4.78, 5) is 30.0. The number of aromatic nitrogens is 1. The lowest BCUT2D eigenvalue weighted by Crippen LogP contribution is -2.44. The number of carbonyl (C=O) groups is 2. The van der Waals surface area contributed by atoms with Crippen molar-refractivity contribution in [3.63, 3.8) is 0 Å². The molecule has 0 bridgehead atoms. The Morgan fingerprint density at radius 2 is 1.92 bits per heavy atom. The van der Waals surface area contributed by atoms with Crippen molar-refractivity contribution >= 4 is 33.4 Å². The van der Waals surface area contributed by atoms with E-state index in [1.807, 2.05) is 13.8 Å². The van der Waals surface area contributed by atoms with Crippen molar-refractivity contribution in [2.45, 2.75) is 75.5 Å². The normalized spacial score (nSPS) is 20.3. The fraction of sp³-hybridized carbons (Fsp3) is 0.560. The highest BCUT2D eigenvalue weighted by Crippen LogP contribution is 2.39. The number of nitrogens with one attached hydrogen (secondary N) is 3. The van der Waals surface area contributed by atoms with Gasteiger partial charge in [-0.3, -0.25) is 4.79 Å². The Bertz CT molecular complexity index is 1220. The zero-order chi connectivity index (χ0) is 26.6. The molecule has 10 nitrogen and oxygen atoms in total. The molecule has 2 aliphatic rings. The molecule has 1 aliphatic carbocycles. The zero-order valence-electron chi connectivity index (χ0n) is 21.3. The van der Waals surface area contributed by atoms with Gasteiger partial charge >= 0.3 is 6.09 Å². The summed E-state index contributed by atoms with van der Waals surface area (Å²) in [5.41, 5.74) is 0.803. The lowest BCUT2D eigenvalue weighted by Gasteiger charge is -2.30. The number of carbonyl (C=O) groups excluding carboxylic acids is 2. The molecule has 0 atom stereocenters. The Kier molecular flexibility index (Phi) is 8.83. The summed E-state index contributed by atoms with van der Waals surface area (Å²) in [6.07, 6.45) is 4.52. The predicted molar refractivity (Wildman–Crippen MR) is 140 cm³/mol. The van der Waals surface area contributed by atoms with Crippen LogP contribution in [0, 0.1) is 0 Å². The molecule has 2 amide bonds. The van der Waals surface area contributed by atoms with Crippen LogP contribution >= 0.6 is 11.3 Å². The van der Waals surface area contributed by atoms with Gasteiger partial charge in [-0.25, -0.2) is 22.9 Å². The monoisotopic (exact) mass is 550 g/mol. The standard InChI is InChI=1S/C25H34N4O6S2/c1-4-27-37(32,33)22-11-17(23(30)28-15(2)3)7-10-20(22)21-12-26-24(36-21)16-5-8-18(9-6-16)29-25(31)35-19-13-34-14-19/h7,10-12,15-16,18-19,27H,4-6,8-9,13-14H2,1-3H3,(H,28,30)(H,29,31). The molecule has 2 fully saturated rings. The molecule has 3 N–H and O–H groups in total. The second-order valence-electron chi connectivity index (χ2n) is 9.66. The second kappa shape index (κ2) is 11.9. The average Bonchev–Trinajstić information content (AvgIpc) is 3.31. The number of hydrogen-bond donors (Lipinski definition) is 3. The van der Waals surface area contributed by atoms with Crippen molar-refractivity contribution < 1.29 is 27.5 Å². The van der Waals surface area contributed by atoms with Crippen LogP contribution in [-0.4, -0.2) is 63.3 Å². The van der Waals surface area contributed by atoms with E-state index in [1.54, 1.807) is 25.3 Å². The number of hydrogen-bond acceptors (Lipinski definition) is 8. The zero-order valence-corrected chi connectivity index (χ0v) is 22.9. The quantitative estimate of drug-likeness (QED) is 0.435. The summed E-state index contributed by atoms with van der Waals surface area (Å²) in [6, 6.07) is 4.74. The van der Waals surface area contributed by atoms with Crippen LogP contribution in [0.2, 0.25) is 0 Å². The maximum absolute atomic E-state index is 13.0. The van der Waals surface area contributed by atoms with Gasteiger partial charge in [-0.1, -0.05) is 13.0 Å². The third kappa shape index (κ3) is 6.86. The highest BCUT2D eigenvalue weighted by Gasteiger charge is 2.29. The van der Waals surface area contributed by atoms with Gasteiger partial charge in [0.2, 0.25) is 10.0 Å². The van der Waals surface area contributed by atoms with Crippen molar-refractivity contribution in [3.8, 4) is 10.4 Å². The van der Waals surface area contributed by atoms with Crippen LogP contribution in [-0.2, 0) is 19.5 Å². The number of nitrogens with zero attached hydrogens (tertiary/aromatic N) is 1. The van der Waals surface area contributed by atoms with E-state index in [4.69, 9.17) is 9.47 Å². The highest BCUT2D eigenvalue weighted by molar-refractivity contribution is 7.89. The first-order valence-corrected chi connectivity index (χ1v) is 14.9. The molecule has 1 saturated carbocycles. The number of benzene rings is 1. The van der Waals surface area contributed by atoms with Gasteiger partial charge in [0.15, 0.2) is 6.10 Å². The van der Waals surface area contributed by atoms with Gasteiger partial charge < -0.3 is 20.1 Å². The van der Waals surface area contributed by atoms with Gasteiger partial charge in [-0.05, 0) is 51.7 Å². The first-order chi connectivity index (χ1) is 17.7. The second-order valence-corrected chi connectivity index (χ2v) is 12.5. The van der Waals surface area contributed by atoms with E-state index in [9.17, 15) is 18.0 Å². The van der Waals surface area contributed by atoms with Crippen molar-refractivity contribution in [2.75, 3.05) is 19.8 Å². The van der Waals surface area contributed by atoms with Crippen LogP contribution in [0.5, 0.6) is 0 Å². The van der Waals surface area contributed by atoms with Crippen molar-refractivity contribution in [1.29, 1.82) is 0 Å². The molecular weight excluding hydrogens is 516 g/mol. The number of thiazole rings is 1. The van der Waals surface area contributed by atoms with E-state index in [2.05, 4.69) is 20.3 Å². The molecule has 2 heterocycles. The van der Waals surface area contributed by atoms with Gasteiger partial charge in [0.25, 0.3) is 5.91 Å². The van der Waals surface area contributed by atoms with Crippen LogP contribution in [0.1, 0.15) is 67.7 Å². The number of alkyl carbamates (subject to hydrolysis) is 1. The van der Waals surface area contributed by atoms with Crippen LogP contribution in [0.3, 0.4) is 0 Å². The molecule has 1 aromatic carbocycles. The van der Waals surface area contributed by atoms with E-state index >= 15 is 0 Å². The van der Waals surface area contributed by atoms with E-state index in [0.717, 1.165) is 35.6 Å². The summed E-state index contributed by atoms with van der Waals surface area (Å²) in [5.74, 6) is -0.0902. The van der Waals surface area contributed by atoms with Gasteiger partial charge in [0.1, 0.15) is 0 Å². The van der Waals surface area contributed by atoms with Crippen LogP contribution in [0.4, 0.5) is 4.79 Å². The molecule has 202 valence electrons. The number of amides is 2. The molecule has 1 aliphatic heterocycles. The fourth-order valence-corrected chi connectivity index (χ4v) is 6.90. The van der Waals surface area contributed by atoms with Crippen molar-refractivity contribution in [1.82, 2.24) is 20.3 Å². The SMILES string of the molecule is CCNS(=O)(=O)c1cc(C(=O)NC(C)C)ccc1-c1cnc(C2CCC(NC(=O)OC3COC3)CC2)s1. The maximum Gasteiger partial charge on any atom is 0.407 e. The Morgan fingerprint density at radius 3 is 2.54 bits per heavy atom. The number of ether oxygens (including phenoxy) is 2. The summed E-state index contributed by atoms with van der Waals surface area (Å²) in [7, 11) is -3.83. The number of sulfonamides is 1. The largest absolute Gasteiger partial charge is 0.441 e. The van der Waals surface area contributed by atoms with E-state index in [-0.39, 0.29) is 47.0 Å². The maximum atomic E-state index is 13.0. The van der Waals surface area contributed by atoms with E-state index < -0.39 is 16.1 Å². The third-order valence-corrected chi connectivity index (χ3v) is 9.13. The minimum Gasteiger partial charge on any atom is -0.441 e. The topological polar surface area (TPSA) is 136 Å². The molecule has 0 spiro atoms. The molecule has 0 radical (unpaired) electrons. The smallest absolute Gasteiger partial charge is 0.407 e. The lowest BCUT2D eigenvalue weighted by atomic mass is 9.86. The molecule has 2 aromatic rings. The Balaban J connectivity index is 1.47. The summed E-state index contributed by atoms with van der Waals surface area (Å²) < 4.78 is 38.9. The molecule has 12 heteroatoms. The molecule has 4 rings (SSSR count). The first kappa shape index (κ1) is 27.5. The number of rotatable bonds is 9. The molecule has 1 aromatic heterocycles. The Hall–Kier alpha value is -2.54. The average molecular weight is 551 g/mol. The molecular formula is C25H34N4O6S2. The molecule has 1 saturated heterocycles. The van der Waals surface area contributed by atoms with Gasteiger partial charge in [0.05, 0.1) is 28.0 Å². The third-order valence-electron chi connectivity index (χ3n) is 6.36. The highest BCUT2D eigenvalue weighted by atomic mass is 32.2. The summed E-state index contributed by atoms with van der Waals surface area (Å²) >= 11 is 1.47. The van der Waals surface area contributed by atoms with E-state index in [0.29, 0.717) is 18.8 Å². The van der Waals surface area contributed by atoms with Gasteiger partial charge in [-0.2, -0.15) is 0 Å². The minimum absolute atomic E-state index is 0.0595. The van der Waals surface area contributed by atoms with Crippen LogP contribution < -0.4 is 15.4 Å². The Labute approximate surface area is 221 Å². The Morgan fingerprint density at radius 1 is 1.19 bits per heavy atom. The van der Waals surface area contributed by atoms with Crippen LogP contribution in [0.15, 0.2) is 29.3 Å². The van der Waals surface area contributed by atoms with Gasteiger partial charge in [0, 0.05) is 41.9 Å². The lowest BCUT2D eigenvalue weighted by molar-refractivity contribution is -0.0985. The van der Waals surface area contributed by atoms with Gasteiger partial charge in [-0.15, -0.1) is 11.3 Å². The fourth-order valence-electron chi connectivity index (χ4n) is 4.42. The van der Waals surface area contributed by atoms with Crippen LogP contribution in [0.25, 0.3) is 10.4 Å². The minimum atomic E-state index is -3.83. The summed E-state index contributed by atoms with van der Waals surface area (Å²) in [6.45, 7) is 6.56. The first-order valence-electron chi connectivity index (χ1n) is 12.6. The van der Waals surface area contributed by atoms with Crippen molar-refractivity contribution in [2.24, 2.45) is 0 Å².